The van der Waals surface area contributed by atoms with Crippen LogP contribution in [0.1, 0.15) is 26.7 Å². The van der Waals surface area contributed by atoms with Gasteiger partial charge in [0.05, 0.1) is 25.5 Å². The fourth-order valence-corrected chi connectivity index (χ4v) is 2.45. The van der Waals surface area contributed by atoms with Crippen LogP contribution in [0.4, 0.5) is 5.69 Å². The smallest absolute Gasteiger partial charge is 0.168 e. The third kappa shape index (κ3) is 3.67. The molecule has 1 aromatic carbocycles. The zero-order chi connectivity index (χ0) is 16.3. The molecule has 5 heteroatoms. The highest BCUT2D eigenvalue weighted by molar-refractivity contribution is 6.14. The molecule has 0 amide bonds. The molecule has 1 aliphatic carbocycles. The lowest BCUT2D eigenvalue weighted by molar-refractivity contribution is -0.117. The third-order valence-corrected chi connectivity index (χ3v) is 3.58. The van der Waals surface area contributed by atoms with Crippen LogP contribution < -0.4 is 9.47 Å². The van der Waals surface area contributed by atoms with E-state index in [2.05, 4.69) is 4.99 Å². The Balaban J connectivity index is 2.30. The van der Waals surface area contributed by atoms with Crippen molar-refractivity contribution in [3.63, 3.8) is 0 Å². The van der Waals surface area contributed by atoms with Gasteiger partial charge in [-0.3, -0.25) is 9.79 Å². The summed E-state index contributed by atoms with van der Waals surface area (Å²) >= 11 is 0. The van der Waals surface area contributed by atoms with Gasteiger partial charge < -0.3 is 14.6 Å². The molecule has 1 aliphatic rings. The topological polar surface area (TPSA) is 68.1 Å². The molecular formula is C17H21NO4. The first-order chi connectivity index (χ1) is 10.3. The average Bonchev–Trinajstić information content (AvgIpc) is 2.44. The van der Waals surface area contributed by atoms with E-state index < -0.39 is 0 Å². The first-order valence-corrected chi connectivity index (χ1v) is 7.07. The number of carbonyl (C=O) groups excluding carboxylic acids is 1. The number of aliphatic hydroxyl groups excluding tert-OH is 1. The second-order valence-electron chi connectivity index (χ2n) is 6.13. The van der Waals surface area contributed by atoms with E-state index in [9.17, 15) is 9.90 Å². The molecule has 0 saturated carbocycles. The molecule has 0 spiro atoms. The lowest BCUT2D eigenvalue weighted by Crippen LogP contribution is -2.26. The van der Waals surface area contributed by atoms with Crippen LogP contribution in [0, 0.1) is 5.41 Å². The second kappa shape index (κ2) is 6.22. The first kappa shape index (κ1) is 16.1. The van der Waals surface area contributed by atoms with E-state index in [1.54, 1.807) is 32.4 Å². The molecule has 0 atom stereocenters. The lowest BCUT2D eigenvalue weighted by atomic mass is 9.77. The van der Waals surface area contributed by atoms with Crippen LogP contribution in [0.25, 0.3) is 0 Å². The van der Waals surface area contributed by atoms with Gasteiger partial charge in [0.15, 0.2) is 5.78 Å². The molecular weight excluding hydrogens is 282 g/mol. The zero-order valence-corrected chi connectivity index (χ0v) is 13.3. The molecule has 0 saturated heterocycles. The summed E-state index contributed by atoms with van der Waals surface area (Å²) in [5.41, 5.74) is 0.660. The van der Waals surface area contributed by atoms with Gasteiger partial charge in [-0.1, -0.05) is 13.8 Å². The largest absolute Gasteiger partial charge is 0.511 e. The Kier molecular flexibility index (Phi) is 4.54. The number of methoxy groups -OCH3 is 2. The normalized spacial score (nSPS) is 17.9. The Morgan fingerprint density at radius 1 is 1.14 bits per heavy atom. The molecule has 2 rings (SSSR count). The molecule has 1 aromatic rings. The summed E-state index contributed by atoms with van der Waals surface area (Å²) in [6.45, 7) is 3.92. The number of rotatable bonds is 4. The van der Waals surface area contributed by atoms with Crippen molar-refractivity contribution >= 4 is 17.7 Å². The summed E-state index contributed by atoms with van der Waals surface area (Å²) < 4.78 is 10.4. The van der Waals surface area contributed by atoms with Gasteiger partial charge in [-0.05, 0) is 5.41 Å². The van der Waals surface area contributed by atoms with E-state index in [0.29, 0.717) is 30.0 Å². The van der Waals surface area contributed by atoms with Gasteiger partial charge in [0, 0.05) is 37.3 Å². The molecule has 0 aliphatic heterocycles. The van der Waals surface area contributed by atoms with E-state index in [0.717, 1.165) is 0 Å². The summed E-state index contributed by atoms with van der Waals surface area (Å²) in [5, 5.41) is 10.1. The Hall–Kier alpha value is -2.30. The van der Waals surface area contributed by atoms with Crippen LogP contribution >= 0.6 is 0 Å². The Morgan fingerprint density at radius 2 is 1.73 bits per heavy atom. The monoisotopic (exact) mass is 303 g/mol. The van der Waals surface area contributed by atoms with Crippen molar-refractivity contribution in [3.05, 3.63) is 29.5 Å². The molecule has 0 heterocycles. The van der Waals surface area contributed by atoms with Crippen LogP contribution in [0.15, 0.2) is 34.5 Å². The number of hydrogen-bond acceptors (Lipinski definition) is 5. The van der Waals surface area contributed by atoms with Gasteiger partial charge in [-0.15, -0.1) is 0 Å². The molecule has 0 bridgehead atoms. The minimum atomic E-state index is -0.211. The van der Waals surface area contributed by atoms with Crippen molar-refractivity contribution in [3.8, 4) is 11.5 Å². The fraction of sp³-hybridized carbons (Fsp3) is 0.412. The molecule has 0 unspecified atom stereocenters. The molecule has 0 radical (unpaired) electrons. The minimum Gasteiger partial charge on any atom is -0.511 e. The van der Waals surface area contributed by atoms with E-state index in [1.807, 2.05) is 13.8 Å². The zero-order valence-electron chi connectivity index (χ0n) is 13.3. The SMILES string of the molecule is COc1cc(N=CC2=C(O)CC(C)(C)CC2=O)cc(OC)c1. The van der Waals surface area contributed by atoms with E-state index >= 15 is 0 Å². The van der Waals surface area contributed by atoms with Crippen molar-refractivity contribution in [2.24, 2.45) is 10.4 Å². The van der Waals surface area contributed by atoms with Crippen LogP contribution in [-0.2, 0) is 4.79 Å². The molecule has 5 nitrogen and oxygen atoms in total. The Morgan fingerprint density at radius 3 is 2.23 bits per heavy atom. The molecule has 0 fully saturated rings. The predicted molar refractivity (Wildman–Crippen MR) is 85.4 cm³/mol. The summed E-state index contributed by atoms with van der Waals surface area (Å²) in [6.07, 6.45) is 2.29. The van der Waals surface area contributed by atoms with Crippen LogP contribution in [0.2, 0.25) is 0 Å². The van der Waals surface area contributed by atoms with Gasteiger partial charge in [0.25, 0.3) is 0 Å². The van der Waals surface area contributed by atoms with E-state index in [1.165, 1.54) is 6.21 Å². The summed E-state index contributed by atoms with van der Waals surface area (Å²) in [4.78, 5) is 16.4. The maximum atomic E-state index is 12.1. The molecule has 0 aromatic heterocycles. The Bertz CT molecular complexity index is 622. The van der Waals surface area contributed by atoms with Crippen LogP contribution in [0.3, 0.4) is 0 Å². The first-order valence-electron chi connectivity index (χ1n) is 7.07. The van der Waals surface area contributed by atoms with Crippen molar-refractivity contribution < 1.29 is 19.4 Å². The van der Waals surface area contributed by atoms with Crippen molar-refractivity contribution in [2.75, 3.05) is 14.2 Å². The highest BCUT2D eigenvalue weighted by Crippen LogP contribution is 2.35. The highest BCUT2D eigenvalue weighted by Gasteiger charge is 2.32. The quantitative estimate of drug-likeness (QED) is 0.863. The Labute approximate surface area is 130 Å². The number of nitrogens with zero attached hydrogens (tertiary/aromatic N) is 1. The summed E-state index contributed by atoms with van der Waals surface area (Å²) in [6, 6.07) is 5.20. The number of hydrogen-bond donors (Lipinski definition) is 1. The number of aliphatic hydroxyl groups is 1. The molecule has 1 N–H and O–H groups in total. The van der Waals surface area contributed by atoms with Gasteiger partial charge in [0.1, 0.15) is 17.3 Å². The lowest BCUT2D eigenvalue weighted by Gasteiger charge is -2.28. The predicted octanol–water partition coefficient (Wildman–Crippen LogP) is 3.61. The fourth-order valence-electron chi connectivity index (χ4n) is 2.45. The number of ketones is 1. The minimum absolute atomic E-state index is 0.0904. The van der Waals surface area contributed by atoms with E-state index in [-0.39, 0.29) is 22.5 Å². The average molecular weight is 303 g/mol. The number of benzene rings is 1. The number of ether oxygens (including phenoxy) is 2. The van der Waals surface area contributed by atoms with Crippen LogP contribution in [-0.4, -0.2) is 31.3 Å². The maximum Gasteiger partial charge on any atom is 0.168 e. The third-order valence-electron chi connectivity index (χ3n) is 3.58. The van der Waals surface area contributed by atoms with Gasteiger partial charge in [-0.2, -0.15) is 0 Å². The number of aliphatic imine (C=N–C) groups is 1. The maximum absolute atomic E-state index is 12.1. The van der Waals surface area contributed by atoms with Crippen molar-refractivity contribution in [2.45, 2.75) is 26.7 Å². The van der Waals surface area contributed by atoms with Crippen LogP contribution in [0.5, 0.6) is 11.5 Å². The second-order valence-corrected chi connectivity index (χ2v) is 6.13. The van der Waals surface area contributed by atoms with Crippen molar-refractivity contribution in [1.29, 1.82) is 0 Å². The molecule has 118 valence electrons. The molecule has 22 heavy (non-hydrogen) atoms. The number of Topliss-reactive ketones (excluding diaryl/α,β-unsaturated/α-hetero) is 1. The number of allylic oxidation sites excluding steroid dienone is 2. The highest BCUT2D eigenvalue weighted by atomic mass is 16.5. The standard InChI is InChI=1S/C17H21NO4/c1-17(2)8-15(19)14(16(20)9-17)10-18-11-5-12(21-3)7-13(6-11)22-4/h5-7,10,19H,8-9H2,1-4H3. The summed E-state index contributed by atoms with van der Waals surface area (Å²) in [7, 11) is 3.12. The van der Waals surface area contributed by atoms with E-state index in [4.69, 9.17) is 9.47 Å². The summed E-state index contributed by atoms with van der Waals surface area (Å²) in [5.74, 6) is 1.23. The van der Waals surface area contributed by atoms with Crippen molar-refractivity contribution in [1.82, 2.24) is 0 Å². The van der Waals surface area contributed by atoms with Gasteiger partial charge in [-0.25, -0.2) is 0 Å². The number of carbonyl (C=O) groups is 1. The van der Waals surface area contributed by atoms with Gasteiger partial charge in [0.2, 0.25) is 0 Å². The van der Waals surface area contributed by atoms with Gasteiger partial charge >= 0.3 is 0 Å².